The van der Waals surface area contributed by atoms with Crippen molar-refractivity contribution in [2.45, 2.75) is 33.4 Å². The molecule has 0 radical (unpaired) electrons. The number of hydrogen-bond donors (Lipinski definition) is 1. The first-order valence-electron chi connectivity index (χ1n) is 6.69. The third-order valence-electron chi connectivity index (χ3n) is 3.50. The molecular formula is C16H21N3. The van der Waals surface area contributed by atoms with Crippen molar-refractivity contribution in [1.82, 2.24) is 9.88 Å². The monoisotopic (exact) mass is 255 g/mol. The van der Waals surface area contributed by atoms with Gasteiger partial charge < -0.3 is 9.88 Å². The fraction of sp³-hybridized carbons (Fsp3) is 0.438. The highest BCUT2D eigenvalue weighted by Crippen LogP contribution is 2.23. The Bertz CT molecular complexity index is 602. The lowest BCUT2D eigenvalue weighted by atomic mass is 9.91. The Morgan fingerprint density at radius 2 is 2.11 bits per heavy atom. The van der Waals surface area contributed by atoms with Gasteiger partial charge in [0, 0.05) is 24.8 Å². The first-order valence-corrected chi connectivity index (χ1v) is 6.69. The molecule has 0 saturated heterocycles. The second kappa shape index (κ2) is 5.46. The van der Waals surface area contributed by atoms with E-state index in [1.165, 1.54) is 16.5 Å². The van der Waals surface area contributed by atoms with Crippen molar-refractivity contribution in [2.75, 3.05) is 7.05 Å². The zero-order valence-corrected chi connectivity index (χ0v) is 11.9. The van der Waals surface area contributed by atoms with E-state index in [1.807, 2.05) is 20.9 Å². The fourth-order valence-electron chi connectivity index (χ4n) is 2.21. The molecule has 3 heteroatoms. The van der Waals surface area contributed by atoms with Gasteiger partial charge in [-0.1, -0.05) is 6.07 Å². The number of benzene rings is 1. The van der Waals surface area contributed by atoms with E-state index < -0.39 is 0 Å². The van der Waals surface area contributed by atoms with Crippen LogP contribution in [0.4, 0.5) is 0 Å². The highest BCUT2D eigenvalue weighted by molar-refractivity contribution is 5.80. The minimum absolute atomic E-state index is 0.261. The third kappa shape index (κ3) is 3.15. The van der Waals surface area contributed by atoms with Crippen LogP contribution in [-0.2, 0) is 13.1 Å². The zero-order chi connectivity index (χ0) is 13.9. The molecule has 19 heavy (non-hydrogen) atoms. The molecule has 1 N–H and O–H groups in total. The summed E-state index contributed by atoms with van der Waals surface area (Å²) in [7, 11) is 1.96. The molecule has 1 aromatic carbocycles. The Kier molecular flexibility index (Phi) is 3.92. The van der Waals surface area contributed by atoms with Gasteiger partial charge in [-0.15, -0.1) is 0 Å². The predicted octanol–water partition coefficient (Wildman–Crippen LogP) is 3.30. The van der Waals surface area contributed by atoms with Gasteiger partial charge in [0.05, 0.1) is 11.5 Å². The van der Waals surface area contributed by atoms with Crippen LogP contribution < -0.4 is 5.32 Å². The van der Waals surface area contributed by atoms with Crippen molar-refractivity contribution < 1.29 is 0 Å². The number of hydrogen-bond acceptors (Lipinski definition) is 2. The number of aromatic nitrogens is 1. The van der Waals surface area contributed by atoms with Crippen LogP contribution >= 0.6 is 0 Å². The second-order valence-electron chi connectivity index (χ2n) is 5.68. The van der Waals surface area contributed by atoms with E-state index in [2.05, 4.69) is 46.4 Å². The van der Waals surface area contributed by atoms with Crippen LogP contribution in [0.25, 0.3) is 10.9 Å². The molecule has 1 heterocycles. The third-order valence-corrected chi connectivity index (χ3v) is 3.50. The fourth-order valence-corrected chi connectivity index (χ4v) is 2.21. The highest BCUT2D eigenvalue weighted by Gasteiger charge is 2.16. The number of aryl methyl sites for hydroxylation is 1. The summed E-state index contributed by atoms with van der Waals surface area (Å²) in [5, 5.41) is 13.5. The number of nitrogens with zero attached hydrogens (tertiary/aromatic N) is 2. The Labute approximate surface area is 114 Å². The molecule has 0 aliphatic heterocycles. The van der Waals surface area contributed by atoms with Crippen LogP contribution in [0.1, 0.15) is 25.8 Å². The summed E-state index contributed by atoms with van der Waals surface area (Å²) in [6.07, 6.45) is 2.98. The Balaban J connectivity index is 2.19. The van der Waals surface area contributed by atoms with Crippen molar-refractivity contribution in [3.63, 3.8) is 0 Å². The van der Waals surface area contributed by atoms with Gasteiger partial charge in [0.2, 0.25) is 0 Å². The molecule has 0 spiro atoms. The van der Waals surface area contributed by atoms with Gasteiger partial charge >= 0.3 is 0 Å². The normalized spacial score (nSPS) is 11.7. The van der Waals surface area contributed by atoms with E-state index in [-0.39, 0.29) is 5.41 Å². The molecule has 0 saturated carbocycles. The van der Waals surface area contributed by atoms with E-state index >= 15 is 0 Å². The minimum Gasteiger partial charge on any atom is -0.347 e. The molecule has 3 nitrogen and oxygen atoms in total. The molecule has 100 valence electrons. The molecule has 0 bridgehead atoms. The Morgan fingerprint density at radius 3 is 2.79 bits per heavy atom. The topological polar surface area (TPSA) is 40.8 Å². The van der Waals surface area contributed by atoms with E-state index in [0.717, 1.165) is 19.5 Å². The molecule has 0 fully saturated rings. The van der Waals surface area contributed by atoms with Crippen LogP contribution in [0.2, 0.25) is 0 Å². The standard InChI is InChI=1S/C16H21N3/c1-16(2,12-17)7-9-19-8-6-14-10-13(11-18-3)4-5-15(14)19/h4-6,8,10,18H,7,9,11H2,1-3H3. The average Bonchev–Trinajstić information content (AvgIpc) is 2.79. The van der Waals surface area contributed by atoms with Crippen LogP contribution in [-0.4, -0.2) is 11.6 Å². The maximum atomic E-state index is 9.07. The van der Waals surface area contributed by atoms with Gasteiger partial charge in [-0.25, -0.2) is 0 Å². The van der Waals surface area contributed by atoms with Gasteiger partial charge in [0.1, 0.15) is 0 Å². The van der Waals surface area contributed by atoms with Gasteiger partial charge in [-0.3, -0.25) is 0 Å². The zero-order valence-electron chi connectivity index (χ0n) is 11.9. The minimum atomic E-state index is -0.261. The first-order chi connectivity index (χ1) is 9.05. The quantitative estimate of drug-likeness (QED) is 0.890. The largest absolute Gasteiger partial charge is 0.347 e. The highest BCUT2D eigenvalue weighted by atomic mass is 14.9. The molecule has 0 aliphatic rings. The van der Waals surface area contributed by atoms with Gasteiger partial charge in [-0.05, 0) is 56.5 Å². The van der Waals surface area contributed by atoms with E-state index in [1.54, 1.807) is 0 Å². The summed E-state index contributed by atoms with van der Waals surface area (Å²) in [6, 6.07) is 11.0. The Hall–Kier alpha value is -1.79. The van der Waals surface area contributed by atoms with E-state index in [9.17, 15) is 0 Å². The molecule has 0 aliphatic carbocycles. The SMILES string of the molecule is CNCc1ccc2c(ccn2CCC(C)(C)C#N)c1. The maximum Gasteiger partial charge on any atom is 0.0684 e. The summed E-state index contributed by atoms with van der Waals surface area (Å²) >= 11 is 0. The van der Waals surface area contributed by atoms with Crippen molar-refractivity contribution in [2.24, 2.45) is 5.41 Å². The lowest BCUT2D eigenvalue weighted by molar-refractivity contribution is 0.417. The smallest absolute Gasteiger partial charge is 0.0684 e. The van der Waals surface area contributed by atoms with Crippen molar-refractivity contribution >= 4 is 10.9 Å². The number of fused-ring (bicyclic) bond motifs is 1. The summed E-state index contributed by atoms with van der Waals surface area (Å²) in [4.78, 5) is 0. The number of nitriles is 1. The molecule has 0 atom stereocenters. The van der Waals surface area contributed by atoms with Crippen molar-refractivity contribution in [1.29, 1.82) is 5.26 Å². The van der Waals surface area contributed by atoms with E-state index in [0.29, 0.717) is 0 Å². The number of nitrogens with one attached hydrogen (secondary N) is 1. The predicted molar refractivity (Wildman–Crippen MR) is 78.7 cm³/mol. The maximum absolute atomic E-state index is 9.07. The molecule has 2 aromatic rings. The molecule has 1 aromatic heterocycles. The molecule has 0 unspecified atom stereocenters. The van der Waals surface area contributed by atoms with Crippen LogP contribution in [0.15, 0.2) is 30.5 Å². The van der Waals surface area contributed by atoms with Crippen LogP contribution in [0.5, 0.6) is 0 Å². The molecular weight excluding hydrogens is 234 g/mol. The summed E-state index contributed by atoms with van der Waals surface area (Å²) in [5.41, 5.74) is 2.28. The van der Waals surface area contributed by atoms with E-state index in [4.69, 9.17) is 5.26 Å². The van der Waals surface area contributed by atoms with Gasteiger partial charge in [0.25, 0.3) is 0 Å². The Morgan fingerprint density at radius 1 is 1.32 bits per heavy atom. The van der Waals surface area contributed by atoms with Gasteiger partial charge in [-0.2, -0.15) is 5.26 Å². The number of rotatable bonds is 5. The molecule has 2 rings (SSSR count). The van der Waals surface area contributed by atoms with Gasteiger partial charge in [0.15, 0.2) is 0 Å². The summed E-state index contributed by atoms with van der Waals surface area (Å²) in [5.74, 6) is 0. The average molecular weight is 255 g/mol. The lowest BCUT2D eigenvalue weighted by Crippen LogP contribution is -2.11. The van der Waals surface area contributed by atoms with Crippen molar-refractivity contribution in [3.05, 3.63) is 36.0 Å². The summed E-state index contributed by atoms with van der Waals surface area (Å²) < 4.78 is 2.23. The van der Waals surface area contributed by atoms with Crippen LogP contribution in [0.3, 0.4) is 0 Å². The summed E-state index contributed by atoms with van der Waals surface area (Å²) in [6.45, 7) is 5.76. The second-order valence-corrected chi connectivity index (χ2v) is 5.68. The molecule has 0 amide bonds. The first kappa shape index (κ1) is 13.6. The lowest BCUT2D eigenvalue weighted by Gasteiger charge is -2.15. The van der Waals surface area contributed by atoms with Crippen LogP contribution in [0, 0.1) is 16.7 Å². The van der Waals surface area contributed by atoms with Crippen molar-refractivity contribution in [3.8, 4) is 6.07 Å².